The molecule has 1 heteroatoms. The molecular formula is C3H5S+. The van der Waals surface area contributed by atoms with E-state index in [0.29, 0.717) is 0 Å². The van der Waals surface area contributed by atoms with Crippen LogP contribution >= 0.6 is 11.8 Å². The maximum Gasteiger partial charge on any atom is 0.191 e. The van der Waals surface area contributed by atoms with E-state index in [-0.39, 0.29) is 0 Å². The van der Waals surface area contributed by atoms with Crippen LogP contribution in [0.5, 0.6) is 0 Å². The van der Waals surface area contributed by atoms with Crippen LogP contribution in [0.2, 0.25) is 0 Å². The molecule has 0 saturated carbocycles. The maximum atomic E-state index is 2.16. The molecule has 1 rings (SSSR count). The minimum absolute atomic E-state index is 1.32. The lowest BCUT2D eigenvalue weighted by Crippen LogP contribution is -1.41. The minimum Gasteiger partial charge on any atom is 0.0935 e. The van der Waals surface area contributed by atoms with E-state index in [4.69, 9.17) is 0 Å². The highest BCUT2D eigenvalue weighted by Gasteiger charge is 2.33. The molecule has 1 aliphatic rings. The SMILES string of the molecule is C[C+]1CS1. The first-order valence-electron chi connectivity index (χ1n) is 1.35. The molecule has 0 atom stereocenters. The van der Waals surface area contributed by atoms with Crippen molar-refractivity contribution >= 4 is 11.8 Å². The van der Waals surface area contributed by atoms with Crippen molar-refractivity contribution in [1.82, 2.24) is 0 Å². The largest absolute Gasteiger partial charge is 0.191 e. The molecule has 0 aliphatic carbocycles. The monoisotopic (exact) mass is 73.0 g/mol. The fraction of sp³-hybridized carbons (Fsp3) is 0.667. The van der Waals surface area contributed by atoms with Crippen molar-refractivity contribution in [2.45, 2.75) is 6.92 Å². The number of hydrogen-bond donors (Lipinski definition) is 0. The van der Waals surface area contributed by atoms with Gasteiger partial charge in [0.2, 0.25) is 0 Å². The number of hydrogen-bond acceptors (Lipinski definition) is 1. The van der Waals surface area contributed by atoms with Gasteiger partial charge in [-0.2, -0.15) is 0 Å². The molecule has 0 amide bonds. The molecule has 0 nitrogen and oxygen atoms in total. The Hall–Kier alpha value is 0.220. The molecule has 0 aromatic heterocycles. The van der Waals surface area contributed by atoms with Crippen LogP contribution < -0.4 is 0 Å². The van der Waals surface area contributed by atoms with Crippen LogP contribution in [0.1, 0.15) is 6.92 Å². The summed E-state index contributed by atoms with van der Waals surface area (Å²) in [4.78, 5) is 0. The van der Waals surface area contributed by atoms with Gasteiger partial charge < -0.3 is 0 Å². The summed E-state index contributed by atoms with van der Waals surface area (Å²) in [5, 5.41) is 1.58. The van der Waals surface area contributed by atoms with Gasteiger partial charge in [-0.05, 0) is 0 Å². The van der Waals surface area contributed by atoms with Crippen LogP contribution in [-0.2, 0) is 0 Å². The zero-order chi connectivity index (χ0) is 2.99. The van der Waals surface area contributed by atoms with Crippen molar-refractivity contribution in [3.63, 3.8) is 0 Å². The Kier molecular flexibility index (Phi) is 0.358. The quantitative estimate of drug-likeness (QED) is 0.307. The van der Waals surface area contributed by atoms with Crippen molar-refractivity contribution in [2.75, 3.05) is 5.75 Å². The summed E-state index contributed by atoms with van der Waals surface area (Å²) < 4.78 is 0. The number of rotatable bonds is 0. The minimum atomic E-state index is 1.32. The van der Waals surface area contributed by atoms with Crippen LogP contribution in [0.3, 0.4) is 0 Å². The van der Waals surface area contributed by atoms with Gasteiger partial charge in [0, 0.05) is 0 Å². The van der Waals surface area contributed by atoms with Crippen molar-refractivity contribution in [1.29, 1.82) is 0 Å². The van der Waals surface area contributed by atoms with E-state index in [1.165, 1.54) is 5.75 Å². The van der Waals surface area contributed by atoms with Gasteiger partial charge >= 0.3 is 0 Å². The molecule has 1 aliphatic heterocycles. The first-order chi connectivity index (χ1) is 1.89. The molecule has 4 heavy (non-hydrogen) atoms. The summed E-state index contributed by atoms with van der Waals surface area (Å²) in [6.45, 7) is 2.16. The third kappa shape index (κ3) is 0.319. The Morgan fingerprint density at radius 2 is 2.25 bits per heavy atom. The standard InChI is InChI=1S/C3H5S/c1-3-2-4-3/h2H2,1H3/q+1. The summed E-state index contributed by atoms with van der Waals surface area (Å²) >= 11 is 1.94. The van der Waals surface area contributed by atoms with Gasteiger partial charge in [-0.15, -0.1) is 0 Å². The van der Waals surface area contributed by atoms with Gasteiger partial charge in [0.05, 0.1) is 6.92 Å². The fourth-order valence-corrected chi connectivity index (χ4v) is 0.217. The molecule has 0 aromatic rings. The molecule has 0 radical (unpaired) electrons. The molecular weight excluding hydrogens is 68.1 g/mol. The van der Waals surface area contributed by atoms with Crippen LogP contribution in [0.15, 0.2) is 0 Å². The van der Waals surface area contributed by atoms with Gasteiger partial charge in [0.25, 0.3) is 0 Å². The summed E-state index contributed by atoms with van der Waals surface area (Å²) in [6, 6.07) is 0. The van der Waals surface area contributed by atoms with Gasteiger partial charge in [-0.3, -0.25) is 0 Å². The first kappa shape index (κ1) is 2.46. The fourth-order valence-electron chi connectivity index (χ4n) is 0.0722. The second-order valence-corrected chi connectivity index (χ2v) is 2.26. The average Bonchev–Trinajstić information content (AvgIpc) is 1.75. The van der Waals surface area contributed by atoms with E-state index in [2.05, 4.69) is 6.92 Å². The summed E-state index contributed by atoms with van der Waals surface area (Å²) in [5.41, 5.74) is 0. The normalized spacial score (nSPS) is 21.8. The molecule has 1 saturated heterocycles. The lowest BCUT2D eigenvalue weighted by molar-refractivity contribution is 1.48. The van der Waals surface area contributed by atoms with E-state index >= 15 is 0 Å². The molecule has 0 N–H and O–H groups in total. The summed E-state index contributed by atoms with van der Waals surface area (Å²) in [7, 11) is 0. The molecule has 0 unspecified atom stereocenters. The Morgan fingerprint density at radius 1 is 2.00 bits per heavy atom. The predicted molar refractivity (Wildman–Crippen MR) is 21.4 cm³/mol. The van der Waals surface area contributed by atoms with Gasteiger partial charge in [-0.1, -0.05) is 0 Å². The molecule has 1 heterocycles. The summed E-state index contributed by atoms with van der Waals surface area (Å²) in [6.07, 6.45) is 0. The van der Waals surface area contributed by atoms with Crippen LogP contribution in [0.25, 0.3) is 0 Å². The third-order valence-corrected chi connectivity index (χ3v) is 1.30. The molecule has 0 spiro atoms. The van der Waals surface area contributed by atoms with E-state index < -0.39 is 0 Å². The van der Waals surface area contributed by atoms with E-state index in [0.717, 1.165) is 0 Å². The average molecular weight is 73.1 g/mol. The zero-order valence-corrected chi connectivity index (χ0v) is 3.43. The molecule has 0 aromatic carbocycles. The molecule has 0 bridgehead atoms. The van der Waals surface area contributed by atoms with E-state index in [1.54, 1.807) is 5.25 Å². The second kappa shape index (κ2) is 0.582. The Bertz CT molecular complexity index is 22.5. The predicted octanol–water partition coefficient (Wildman–Crippen LogP) is 1.29. The Balaban J connectivity index is 2.17. The highest BCUT2D eigenvalue weighted by Crippen LogP contribution is 2.37. The topological polar surface area (TPSA) is 0 Å². The highest BCUT2D eigenvalue weighted by atomic mass is 32.2. The van der Waals surface area contributed by atoms with Gasteiger partial charge in [0.15, 0.2) is 11.0 Å². The lowest BCUT2D eigenvalue weighted by atomic mass is 10.6. The zero-order valence-electron chi connectivity index (χ0n) is 2.62. The van der Waals surface area contributed by atoms with Crippen molar-refractivity contribution in [2.24, 2.45) is 0 Å². The van der Waals surface area contributed by atoms with E-state index in [9.17, 15) is 0 Å². The van der Waals surface area contributed by atoms with E-state index in [1.807, 2.05) is 11.8 Å². The second-order valence-electron chi connectivity index (χ2n) is 0.991. The molecule has 1 fully saturated rings. The smallest absolute Gasteiger partial charge is 0.0935 e. The van der Waals surface area contributed by atoms with Gasteiger partial charge in [0.1, 0.15) is 11.8 Å². The van der Waals surface area contributed by atoms with Crippen molar-refractivity contribution in [3.8, 4) is 0 Å². The lowest BCUT2D eigenvalue weighted by Gasteiger charge is -1.33. The number of thioether (sulfide) groups is 1. The van der Waals surface area contributed by atoms with Gasteiger partial charge in [-0.25, -0.2) is 0 Å². The van der Waals surface area contributed by atoms with Crippen molar-refractivity contribution in [3.05, 3.63) is 5.25 Å². The maximum absolute atomic E-state index is 2.16. The summed E-state index contributed by atoms with van der Waals surface area (Å²) in [5.74, 6) is 1.32. The third-order valence-electron chi connectivity index (χ3n) is 0.433. The van der Waals surface area contributed by atoms with Crippen LogP contribution in [-0.4, -0.2) is 5.75 Å². The van der Waals surface area contributed by atoms with Crippen molar-refractivity contribution < 1.29 is 0 Å². The highest BCUT2D eigenvalue weighted by molar-refractivity contribution is 8.09. The van der Waals surface area contributed by atoms with Crippen LogP contribution in [0, 0.1) is 5.25 Å². The molecule has 22 valence electrons. The Labute approximate surface area is 30.6 Å². The first-order valence-corrected chi connectivity index (χ1v) is 2.33. The van der Waals surface area contributed by atoms with Crippen LogP contribution in [0.4, 0.5) is 0 Å². The Morgan fingerprint density at radius 3 is 2.25 bits per heavy atom.